The highest BCUT2D eigenvalue weighted by Gasteiger charge is 2.22. The Morgan fingerprint density at radius 1 is 1.37 bits per heavy atom. The summed E-state index contributed by atoms with van der Waals surface area (Å²) in [7, 11) is 0. The molecule has 0 atom stereocenters. The molecule has 9 heteroatoms. The Balaban J connectivity index is 2.19. The van der Waals surface area contributed by atoms with E-state index in [0.29, 0.717) is 12.3 Å². The molecule has 146 valence electrons. The molecule has 0 fully saturated rings. The zero-order valence-electron chi connectivity index (χ0n) is 15.6. The van der Waals surface area contributed by atoms with E-state index in [2.05, 4.69) is 9.97 Å². The Morgan fingerprint density at radius 3 is 2.78 bits per heavy atom. The van der Waals surface area contributed by atoms with Crippen molar-refractivity contribution in [3.8, 4) is 0 Å². The number of nitrogens with one attached hydrogen (secondary N) is 1. The first-order valence-electron chi connectivity index (χ1n) is 8.89. The number of nitrogens with zero attached hydrogens (tertiary/aromatic N) is 3. The fraction of sp³-hybridized carbons (Fsp3) is 0.444. The van der Waals surface area contributed by atoms with Crippen LogP contribution >= 0.6 is 11.8 Å². The Hall–Kier alpha value is -2.55. The molecule has 2 aromatic rings. The summed E-state index contributed by atoms with van der Waals surface area (Å²) in [5.74, 6) is 0.628. The number of carbonyl (C=O) groups excluding carboxylic acids is 1. The zero-order valence-corrected chi connectivity index (χ0v) is 16.4. The van der Waals surface area contributed by atoms with Gasteiger partial charge in [-0.3, -0.25) is 24.1 Å². The SMILES string of the molecule is CCCCn1c(N)c(N(CC)C(=O)CSCc2cccnc2)c(=O)[nH]c1=O. The van der Waals surface area contributed by atoms with Crippen LogP contribution in [0.5, 0.6) is 0 Å². The predicted molar refractivity (Wildman–Crippen MR) is 109 cm³/mol. The maximum Gasteiger partial charge on any atom is 0.330 e. The van der Waals surface area contributed by atoms with Crippen molar-refractivity contribution in [2.45, 2.75) is 39.0 Å². The number of aromatic nitrogens is 3. The van der Waals surface area contributed by atoms with Gasteiger partial charge in [-0.2, -0.15) is 0 Å². The maximum atomic E-state index is 12.7. The highest BCUT2D eigenvalue weighted by Crippen LogP contribution is 2.19. The number of carbonyl (C=O) groups is 1. The van der Waals surface area contributed by atoms with Crippen molar-refractivity contribution in [1.82, 2.24) is 14.5 Å². The monoisotopic (exact) mass is 391 g/mol. The maximum absolute atomic E-state index is 12.7. The highest BCUT2D eigenvalue weighted by atomic mass is 32.2. The van der Waals surface area contributed by atoms with Crippen molar-refractivity contribution in [2.75, 3.05) is 22.9 Å². The third-order valence-corrected chi connectivity index (χ3v) is 5.04. The summed E-state index contributed by atoms with van der Waals surface area (Å²) in [5.41, 5.74) is 5.96. The number of unbranched alkanes of at least 4 members (excludes halogenated alkanes) is 1. The largest absolute Gasteiger partial charge is 0.383 e. The third kappa shape index (κ3) is 5.22. The molecular formula is C18H25N5O3S. The van der Waals surface area contributed by atoms with E-state index in [1.165, 1.54) is 21.2 Å². The second kappa shape index (κ2) is 9.96. The van der Waals surface area contributed by atoms with Crippen molar-refractivity contribution in [3.05, 3.63) is 50.9 Å². The van der Waals surface area contributed by atoms with E-state index in [0.717, 1.165) is 18.4 Å². The lowest BCUT2D eigenvalue weighted by Crippen LogP contribution is -2.41. The smallest absolute Gasteiger partial charge is 0.330 e. The number of hydrogen-bond donors (Lipinski definition) is 2. The zero-order chi connectivity index (χ0) is 19.8. The van der Waals surface area contributed by atoms with Crippen LogP contribution in [0.25, 0.3) is 0 Å². The van der Waals surface area contributed by atoms with Gasteiger partial charge >= 0.3 is 5.69 Å². The van der Waals surface area contributed by atoms with E-state index in [9.17, 15) is 14.4 Å². The molecule has 0 aromatic carbocycles. The van der Waals surface area contributed by atoms with Crippen LogP contribution < -0.4 is 21.9 Å². The molecule has 0 aliphatic heterocycles. The molecule has 2 heterocycles. The summed E-state index contributed by atoms with van der Waals surface area (Å²) in [6.07, 6.45) is 5.07. The Bertz CT molecular complexity index is 879. The molecule has 0 radical (unpaired) electrons. The fourth-order valence-corrected chi connectivity index (χ4v) is 3.49. The summed E-state index contributed by atoms with van der Waals surface area (Å²) in [5, 5.41) is 0. The minimum absolute atomic E-state index is 0.0321. The Kier molecular flexibility index (Phi) is 7.66. The third-order valence-electron chi connectivity index (χ3n) is 4.05. The number of hydrogen-bond acceptors (Lipinski definition) is 6. The number of anilines is 2. The van der Waals surface area contributed by atoms with Crippen LogP contribution in [0.2, 0.25) is 0 Å². The number of amides is 1. The first-order valence-corrected chi connectivity index (χ1v) is 10.0. The van der Waals surface area contributed by atoms with Crippen molar-refractivity contribution in [2.24, 2.45) is 0 Å². The Labute approximate surface area is 161 Å². The van der Waals surface area contributed by atoms with E-state index in [4.69, 9.17) is 5.73 Å². The molecule has 0 saturated carbocycles. The molecule has 0 saturated heterocycles. The number of nitrogen functional groups attached to an aromatic ring is 1. The quantitative estimate of drug-likeness (QED) is 0.671. The fourth-order valence-electron chi connectivity index (χ4n) is 2.65. The number of pyridine rings is 1. The molecule has 0 spiro atoms. The molecular weight excluding hydrogens is 366 g/mol. The van der Waals surface area contributed by atoms with Gasteiger partial charge < -0.3 is 10.6 Å². The number of nitrogens with two attached hydrogens (primary N) is 1. The molecule has 27 heavy (non-hydrogen) atoms. The van der Waals surface area contributed by atoms with Crippen molar-refractivity contribution in [1.29, 1.82) is 0 Å². The number of thioether (sulfide) groups is 1. The average Bonchev–Trinajstić information content (AvgIpc) is 2.65. The molecule has 0 bridgehead atoms. The van der Waals surface area contributed by atoms with Crippen LogP contribution in [0.1, 0.15) is 32.3 Å². The standard InChI is InChI=1S/C18H25N5O3S/c1-3-5-9-23-16(19)15(17(25)21-18(23)26)22(4-2)14(24)12-27-11-13-7-6-8-20-10-13/h6-8,10H,3-5,9,11-12,19H2,1-2H3,(H,21,25,26). The van der Waals surface area contributed by atoms with E-state index in [1.54, 1.807) is 19.3 Å². The van der Waals surface area contributed by atoms with E-state index < -0.39 is 11.2 Å². The van der Waals surface area contributed by atoms with Crippen LogP contribution in [-0.4, -0.2) is 32.7 Å². The normalized spacial score (nSPS) is 10.7. The Morgan fingerprint density at radius 2 is 2.15 bits per heavy atom. The molecule has 0 aliphatic carbocycles. The topological polar surface area (TPSA) is 114 Å². The van der Waals surface area contributed by atoms with Crippen LogP contribution in [0, 0.1) is 0 Å². The average molecular weight is 391 g/mol. The van der Waals surface area contributed by atoms with E-state index in [-0.39, 0.29) is 29.7 Å². The van der Waals surface area contributed by atoms with Gasteiger partial charge in [0, 0.05) is 31.2 Å². The van der Waals surface area contributed by atoms with Crippen LogP contribution in [0.4, 0.5) is 11.5 Å². The first-order chi connectivity index (χ1) is 13.0. The summed E-state index contributed by atoms with van der Waals surface area (Å²) in [6.45, 7) is 4.44. The van der Waals surface area contributed by atoms with Gasteiger partial charge in [-0.1, -0.05) is 19.4 Å². The van der Waals surface area contributed by atoms with Crippen LogP contribution in [-0.2, 0) is 17.1 Å². The molecule has 1 amide bonds. The van der Waals surface area contributed by atoms with Gasteiger partial charge in [0.15, 0.2) is 5.69 Å². The summed E-state index contributed by atoms with van der Waals surface area (Å²) in [6, 6.07) is 3.78. The van der Waals surface area contributed by atoms with E-state index in [1.807, 2.05) is 19.1 Å². The number of rotatable bonds is 9. The van der Waals surface area contributed by atoms with Crippen LogP contribution in [0.15, 0.2) is 34.1 Å². The van der Waals surface area contributed by atoms with Crippen molar-refractivity contribution in [3.63, 3.8) is 0 Å². The minimum atomic E-state index is -0.641. The first kappa shape index (κ1) is 20.8. The van der Waals surface area contributed by atoms with Gasteiger partial charge in [0.1, 0.15) is 5.82 Å². The lowest BCUT2D eigenvalue weighted by atomic mass is 10.3. The van der Waals surface area contributed by atoms with Crippen molar-refractivity contribution >= 4 is 29.2 Å². The second-order valence-electron chi connectivity index (χ2n) is 5.99. The number of H-pyrrole nitrogens is 1. The molecule has 8 nitrogen and oxygen atoms in total. The molecule has 2 aromatic heterocycles. The molecule has 3 N–H and O–H groups in total. The van der Waals surface area contributed by atoms with Gasteiger partial charge in [-0.15, -0.1) is 11.8 Å². The molecule has 0 unspecified atom stereocenters. The van der Waals surface area contributed by atoms with Gasteiger partial charge in [-0.25, -0.2) is 4.79 Å². The summed E-state index contributed by atoms with van der Waals surface area (Å²) >= 11 is 1.43. The lowest BCUT2D eigenvalue weighted by molar-refractivity contribution is -0.116. The summed E-state index contributed by atoms with van der Waals surface area (Å²) in [4.78, 5) is 44.7. The molecule has 0 aliphatic rings. The second-order valence-corrected chi connectivity index (χ2v) is 6.98. The minimum Gasteiger partial charge on any atom is -0.383 e. The predicted octanol–water partition coefficient (Wildman–Crippen LogP) is 1.60. The van der Waals surface area contributed by atoms with Gasteiger partial charge in [0.05, 0.1) is 5.75 Å². The number of aromatic amines is 1. The summed E-state index contributed by atoms with van der Waals surface area (Å²) < 4.78 is 1.32. The van der Waals surface area contributed by atoms with Gasteiger partial charge in [-0.05, 0) is 25.0 Å². The lowest BCUT2D eigenvalue weighted by Gasteiger charge is -2.23. The van der Waals surface area contributed by atoms with Gasteiger partial charge in [0.2, 0.25) is 5.91 Å². The van der Waals surface area contributed by atoms with E-state index >= 15 is 0 Å². The van der Waals surface area contributed by atoms with Crippen LogP contribution in [0.3, 0.4) is 0 Å². The van der Waals surface area contributed by atoms with Gasteiger partial charge in [0.25, 0.3) is 5.56 Å². The van der Waals surface area contributed by atoms with Crippen molar-refractivity contribution < 1.29 is 4.79 Å². The highest BCUT2D eigenvalue weighted by molar-refractivity contribution is 7.99. The molecule has 2 rings (SSSR count).